The Hall–Kier alpha value is -1.07. The van der Waals surface area contributed by atoms with Crippen molar-refractivity contribution in [2.75, 3.05) is 26.2 Å². The second-order valence-electron chi connectivity index (χ2n) is 8.71. The first kappa shape index (κ1) is 18.3. The van der Waals surface area contributed by atoms with Gasteiger partial charge in [0.05, 0.1) is 21.8 Å². The molecule has 26 heavy (non-hydrogen) atoms. The first-order valence-electron chi connectivity index (χ1n) is 10.3. The minimum atomic E-state index is -0.162. The van der Waals surface area contributed by atoms with E-state index >= 15 is 0 Å². The lowest BCUT2D eigenvalue weighted by atomic mass is 9.77. The van der Waals surface area contributed by atoms with Gasteiger partial charge in [-0.15, -0.1) is 0 Å². The first-order chi connectivity index (χ1) is 12.6. The van der Waals surface area contributed by atoms with Gasteiger partial charge >= 0.3 is 0 Å². The predicted octanol–water partition coefficient (Wildman–Crippen LogP) is 3.77. The quantitative estimate of drug-likeness (QED) is 0.867. The summed E-state index contributed by atoms with van der Waals surface area (Å²) in [6.07, 6.45) is 9.84. The number of likely N-dealkylation sites (tertiary alicyclic amines) is 2. The zero-order valence-electron chi connectivity index (χ0n) is 15.9. The molecule has 1 aromatic rings. The van der Waals surface area contributed by atoms with E-state index in [0.717, 1.165) is 74.3 Å². The average molecular weight is 379 g/mol. The number of aryl methyl sites for hydroxylation is 1. The van der Waals surface area contributed by atoms with Crippen LogP contribution >= 0.6 is 11.6 Å². The van der Waals surface area contributed by atoms with E-state index in [4.69, 9.17) is 11.6 Å². The fourth-order valence-corrected chi connectivity index (χ4v) is 5.41. The third-order valence-electron chi connectivity index (χ3n) is 6.77. The van der Waals surface area contributed by atoms with Crippen molar-refractivity contribution in [2.24, 2.45) is 11.3 Å². The molecule has 1 aliphatic carbocycles. The van der Waals surface area contributed by atoms with Crippen LogP contribution in [0.4, 0.5) is 0 Å². The number of halogens is 1. The van der Waals surface area contributed by atoms with Crippen molar-refractivity contribution in [1.82, 2.24) is 20.0 Å². The van der Waals surface area contributed by atoms with Crippen LogP contribution in [0.5, 0.6) is 0 Å². The molecule has 2 saturated heterocycles. The van der Waals surface area contributed by atoms with Gasteiger partial charge in [-0.3, -0.25) is 14.8 Å². The van der Waals surface area contributed by atoms with E-state index in [9.17, 15) is 4.79 Å². The number of aromatic nitrogens is 2. The van der Waals surface area contributed by atoms with Gasteiger partial charge in [0.2, 0.25) is 5.91 Å². The molecular formula is C20H31ClN4O. The zero-order valence-corrected chi connectivity index (χ0v) is 16.7. The maximum absolute atomic E-state index is 13.3. The summed E-state index contributed by atoms with van der Waals surface area (Å²) >= 11 is 6.33. The third-order valence-corrected chi connectivity index (χ3v) is 7.28. The lowest BCUT2D eigenvalue weighted by molar-refractivity contribution is -0.146. The minimum Gasteiger partial charge on any atom is -0.342 e. The first-order valence-corrected chi connectivity index (χ1v) is 10.7. The summed E-state index contributed by atoms with van der Waals surface area (Å²) in [5.74, 6) is 1.15. The number of hydrogen-bond donors (Lipinski definition) is 1. The van der Waals surface area contributed by atoms with Gasteiger partial charge in [0.15, 0.2) is 0 Å². The van der Waals surface area contributed by atoms with Gasteiger partial charge in [-0.05, 0) is 51.5 Å². The molecule has 3 aliphatic rings. The van der Waals surface area contributed by atoms with Gasteiger partial charge in [-0.25, -0.2) is 0 Å². The summed E-state index contributed by atoms with van der Waals surface area (Å²) < 4.78 is 0. The van der Waals surface area contributed by atoms with E-state index in [1.165, 1.54) is 32.1 Å². The Kier molecular flexibility index (Phi) is 5.29. The molecule has 1 aromatic heterocycles. The summed E-state index contributed by atoms with van der Waals surface area (Å²) in [6.45, 7) is 6.45. The van der Waals surface area contributed by atoms with Crippen LogP contribution in [0.2, 0.25) is 5.02 Å². The van der Waals surface area contributed by atoms with Gasteiger partial charge in [-0.2, -0.15) is 5.10 Å². The largest absolute Gasteiger partial charge is 0.342 e. The van der Waals surface area contributed by atoms with E-state index in [1.807, 2.05) is 6.92 Å². The van der Waals surface area contributed by atoms with Crippen molar-refractivity contribution >= 4 is 17.5 Å². The highest BCUT2D eigenvalue weighted by atomic mass is 35.5. The molecule has 1 N–H and O–H groups in total. The summed E-state index contributed by atoms with van der Waals surface area (Å²) in [4.78, 5) is 17.9. The molecule has 5 nitrogen and oxygen atoms in total. The number of piperidine rings is 1. The van der Waals surface area contributed by atoms with Crippen LogP contribution in [-0.2, 0) is 11.3 Å². The van der Waals surface area contributed by atoms with Crippen LogP contribution in [0, 0.1) is 18.3 Å². The summed E-state index contributed by atoms with van der Waals surface area (Å²) in [5, 5.41) is 8.03. The summed E-state index contributed by atoms with van der Waals surface area (Å²) in [5.41, 5.74) is 1.66. The number of nitrogens with zero attached hydrogens (tertiary/aromatic N) is 3. The summed E-state index contributed by atoms with van der Waals surface area (Å²) in [6, 6.07) is 0. The molecule has 1 unspecified atom stereocenters. The Labute approximate surface area is 161 Å². The van der Waals surface area contributed by atoms with Gasteiger partial charge in [0.25, 0.3) is 0 Å². The second kappa shape index (κ2) is 7.51. The zero-order chi connectivity index (χ0) is 18.1. The van der Waals surface area contributed by atoms with Gasteiger partial charge in [-0.1, -0.05) is 30.9 Å². The highest BCUT2D eigenvalue weighted by molar-refractivity contribution is 6.31. The smallest absolute Gasteiger partial charge is 0.230 e. The Morgan fingerprint density at radius 2 is 2.00 bits per heavy atom. The fourth-order valence-electron chi connectivity index (χ4n) is 5.26. The number of amides is 1. The van der Waals surface area contributed by atoms with Crippen LogP contribution in [0.15, 0.2) is 0 Å². The Morgan fingerprint density at radius 1 is 1.19 bits per heavy atom. The van der Waals surface area contributed by atoms with Crippen molar-refractivity contribution in [3.8, 4) is 0 Å². The lowest BCUT2D eigenvalue weighted by Crippen LogP contribution is -2.51. The highest BCUT2D eigenvalue weighted by Gasteiger charge is 2.48. The van der Waals surface area contributed by atoms with E-state index in [0.29, 0.717) is 5.91 Å². The topological polar surface area (TPSA) is 52.2 Å². The molecule has 4 rings (SSSR count). The SMILES string of the molecule is Cc1[nH]nc(CN2CCC3(CCCN(CC4CCCCC4)C3=O)C2)c1Cl. The highest BCUT2D eigenvalue weighted by Crippen LogP contribution is 2.41. The van der Waals surface area contributed by atoms with E-state index in [-0.39, 0.29) is 5.41 Å². The maximum atomic E-state index is 13.3. The molecule has 0 bridgehead atoms. The molecule has 1 amide bonds. The number of carbonyl (C=O) groups excluding carboxylic acids is 1. The molecule has 144 valence electrons. The Morgan fingerprint density at radius 3 is 2.73 bits per heavy atom. The van der Waals surface area contributed by atoms with E-state index in [1.54, 1.807) is 0 Å². The normalized spacial score (nSPS) is 28.4. The standard InChI is InChI=1S/C20H31ClN4O/c1-15-18(21)17(23-22-15)13-24-11-9-20(14-24)8-5-10-25(19(20)26)12-16-6-3-2-4-7-16/h16H,2-14H2,1H3,(H,22,23). The molecule has 1 spiro atoms. The molecule has 3 fully saturated rings. The van der Waals surface area contributed by atoms with Gasteiger partial charge in [0.1, 0.15) is 0 Å². The third kappa shape index (κ3) is 3.53. The van der Waals surface area contributed by atoms with Crippen molar-refractivity contribution in [1.29, 1.82) is 0 Å². The number of carbonyl (C=O) groups is 1. The van der Waals surface area contributed by atoms with Gasteiger partial charge in [0, 0.05) is 26.2 Å². The van der Waals surface area contributed by atoms with E-state index < -0.39 is 0 Å². The Balaban J connectivity index is 1.39. The molecule has 3 heterocycles. The molecule has 1 saturated carbocycles. The maximum Gasteiger partial charge on any atom is 0.230 e. The van der Waals surface area contributed by atoms with Crippen LogP contribution in [-0.4, -0.2) is 52.1 Å². The van der Waals surface area contributed by atoms with Crippen LogP contribution in [0.25, 0.3) is 0 Å². The number of nitrogens with one attached hydrogen (secondary N) is 1. The van der Waals surface area contributed by atoms with Crippen molar-refractivity contribution < 1.29 is 4.79 Å². The van der Waals surface area contributed by atoms with Crippen molar-refractivity contribution in [3.05, 3.63) is 16.4 Å². The van der Waals surface area contributed by atoms with E-state index in [2.05, 4.69) is 20.0 Å². The van der Waals surface area contributed by atoms with Crippen molar-refractivity contribution in [3.63, 3.8) is 0 Å². The summed E-state index contributed by atoms with van der Waals surface area (Å²) in [7, 11) is 0. The van der Waals surface area contributed by atoms with Crippen LogP contribution < -0.4 is 0 Å². The molecule has 0 aromatic carbocycles. The number of hydrogen-bond acceptors (Lipinski definition) is 3. The number of H-pyrrole nitrogens is 1. The molecule has 1 atom stereocenters. The lowest BCUT2D eigenvalue weighted by Gasteiger charge is -2.41. The average Bonchev–Trinajstić information content (AvgIpc) is 3.19. The predicted molar refractivity (Wildman–Crippen MR) is 103 cm³/mol. The van der Waals surface area contributed by atoms with Crippen LogP contribution in [0.1, 0.15) is 62.8 Å². The minimum absolute atomic E-state index is 0.162. The molecule has 0 radical (unpaired) electrons. The number of aromatic amines is 1. The molecule has 6 heteroatoms. The molecular weight excluding hydrogens is 348 g/mol. The monoisotopic (exact) mass is 378 g/mol. The second-order valence-corrected chi connectivity index (χ2v) is 9.09. The van der Waals surface area contributed by atoms with Crippen LogP contribution in [0.3, 0.4) is 0 Å². The van der Waals surface area contributed by atoms with Gasteiger partial charge < -0.3 is 4.90 Å². The molecule has 2 aliphatic heterocycles. The number of rotatable bonds is 4. The van der Waals surface area contributed by atoms with Crippen molar-refractivity contribution in [2.45, 2.75) is 64.8 Å². The fraction of sp³-hybridized carbons (Fsp3) is 0.800. The Bertz CT molecular complexity index is 654.